The largest absolute Gasteiger partial charge is 0.0616 e. The van der Waals surface area contributed by atoms with Crippen molar-refractivity contribution in [3.63, 3.8) is 0 Å². The van der Waals surface area contributed by atoms with Gasteiger partial charge in [-0.05, 0) is 20.9 Å². The average molecular weight is 204 g/mol. The Bertz CT molecular complexity index is 684. The Morgan fingerprint density at radius 3 is 1.44 bits per heavy atom. The molecule has 0 saturated heterocycles. The van der Waals surface area contributed by atoms with Gasteiger partial charge in [-0.15, -0.1) is 0 Å². The molecule has 1 aliphatic rings. The van der Waals surface area contributed by atoms with Gasteiger partial charge in [0.25, 0.3) is 0 Å². The van der Waals surface area contributed by atoms with Gasteiger partial charge in [0.2, 0.25) is 0 Å². The van der Waals surface area contributed by atoms with Crippen LogP contribution >= 0.6 is 0 Å². The monoisotopic (exact) mass is 204 g/mol. The van der Waals surface area contributed by atoms with Crippen LogP contribution < -0.4 is 10.4 Å². The zero-order valence-electron chi connectivity index (χ0n) is 8.93. The highest BCUT2D eigenvalue weighted by atomic mass is 13.9. The van der Waals surface area contributed by atoms with Gasteiger partial charge in [-0.3, -0.25) is 0 Å². The highest BCUT2D eigenvalue weighted by molar-refractivity contribution is 5.48. The van der Waals surface area contributed by atoms with Crippen LogP contribution in [-0.4, -0.2) is 0 Å². The Labute approximate surface area is 94.2 Å². The quantitative estimate of drug-likeness (QED) is 0.616. The third kappa shape index (κ3) is 1.49. The van der Waals surface area contributed by atoms with E-state index in [0.717, 1.165) is 0 Å². The van der Waals surface area contributed by atoms with Crippen LogP contribution in [0, 0.1) is 10.4 Å². The van der Waals surface area contributed by atoms with Crippen LogP contribution in [0.5, 0.6) is 0 Å². The van der Waals surface area contributed by atoms with Gasteiger partial charge in [0.15, 0.2) is 0 Å². The predicted octanol–water partition coefficient (Wildman–Crippen LogP) is 2.10. The summed E-state index contributed by atoms with van der Waals surface area (Å²) in [7, 11) is 0. The topological polar surface area (TPSA) is 0 Å². The molecule has 76 valence electrons. The first-order valence-corrected chi connectivity index (χ1v) is 5.48. The molecule has 0 heterocycles. The third-order valence-corrected chi connectivity index (χ3v) is 2.87. The summed E-state index contributed by atoms with van der Waals surface area (Å²) >= 11 is 0. The van der Waals surface area contributed by atoms with Crippen molar-refractivity contribution in [2.75, 3.05) is 0 Å². The molecule has 0 radical (unpaired) electrons. The second-order valence-corrected chi connectivity index (χ2v) is 3.89. The molecule has 0 amide bonds. The fourth-order valence-corrected chi connectivity index (χ4v) is 2.09. The maximum atomic E-state index is 2.18. The van der Waals surface area contributed by atoms with E-state index in [-0.39, 0.29) is 0 Å². The minimum absolute atomic E-state index is 1.28. The molecule has 0 spiro atoms. The lowest BCUT2D eigenvalue weighted by Crippen LogP contribution is -2.09. The first-order valence-electron chi connectivity index (χ1n) is 5.48. The molecule has 0 saturated carbocycles. The molecule has 3 rings (SSSR count). The lowest BCUT2D eigenvalue weighted by atomic mass is 10.1. The number of rotatable bonds is 0. The van der Waals surface area contributed by atoms with Crippen molar-refractivity contribution in [2.45, 2.75) is 0 Å². The molecule has 2 aromatic carbocycles. The number of fused-ring (bicyclic) bond motifs is 2. The van der Waals surface area contributed by atoms with E-state index in [4.69, 9.17) is 0 Å². The van der Waals surface area contributed by atoms with E-state index < -0.39 is 0 Å². The second kappa shape index (κ2) is 3.82. The van der Waals surface area contributed by atoms with Gasteiger partial charge in [-0.25, -0.2) is 0 Å². The molecule has 0 unspecified atom stereocenters. The van der Waals surface area contributed by atoms with Gasteiger partial charge in [-0.1, -0.05) is 72.8 Å². The van der Waals surface area contributed by atoms with Crippen molar-refractivity contribution in [3.8, 4) is 0 Å². The molecular weight excluding hydrogens is 192 g/mol. The van der Waals surface area contributed by atoms with E-state index in [2.05, 4.69) is 72.8 Å². The fourth-order valence-electron chi connectivity index (χ4n) is 2.09. The molecule has 1 aliphatic carbocycles. The summed E-state index contributed by atoms with van der Waals surface area (Å²) in [5.74, 6) is 0. The molecule has 0 heteroatoms. The van der Waals surface area contributed by atoms with Crippen LogP contribution in [0.25, 0.3) is 12.2 Å². The molecule has 0 aliphatic heterocycles. The summed E-state index contributed by atoms with van der Waals surface area (Å²) in [5.41, 5.74) is 0. The highest BCUT2D eigenvalue weighted by Crippen LogP contribution is 1.92. The van der Waals surface area contributed by atoms with Gasteiger partial charge >= 0.3 is 0 Å². The Hall–Kier alpha value is -2.08. The lowest BCUT2D eigenvalue weighted by molar-refractivity contribution is 1.40. The van der Waals surface area contributed by atoms with Crippen LogP contribution in [0.1, 0.15) is 0 Å². The Morgan fingerprint density at radius 1 is 0.500 bits per heavy atom. The van der Waals surface area contributed by atoms with Gasteiger partial charge in [0.1, 0.15) is 0 Å². The van der Waals surface area contributed by atoms with Crippen LogP contribution in [-0.2, 0) is 0 Å². The lowest BCUT2D eigenvalue weighted by Gasteiger charge is -1.95. The van der Waals surface area contributed by atoms with E-state index >= 15 is 0 Å². The summed E-state index contributed by atoms with van der Waals surface area (Å²) in [6.07, 6.45) is 8.49. The van der Waals surface area contributed by atoms with Crippen molar-refractivity contribution in [3.05, 3.63) is 81.6 Å². The molecule has 16 heavy (non-hydrogen) atoms. The minimum Gasteiger partial charge on any atom is -0.0616 e. The average Bonchev–Trinajstić information content (AvgIpc) is 2.33. The van der Waals surface area contributed by atoms with Crippen molar-refractivity contribution in [1.82, 2.24) is 0 Å². The molecule has 0 bridgehead atoms. The van der Waals surface area contributed by atoms with Gasteiger partial charge in [0, 0.05) is 0 Å². The fraction of sp³-hybridized carbons (Fsp3) is 0. The van der Waals surface area contributed by atoms with Crippen LogP contribution in [0.2, 0.25) is 0 Å². The molecular formula is C16H12. The molecule has 0 N–H and O–H groups in total. The molecule has 0 atom stereocenters. The number of benzene rings is 2. The van der Waals surface area contributed by atoms with Gasteiger partial charge < -0.3 is 0 Å². The predicted molar refractivity (Wildman–Crippen MR) is 67.9 cm³/mol. The number of hydrogen-bond acceptors (Lipinski definition) is 0. The first kappa shape index (κ1) is 9.17. The van der Waals surface area contributed by atoms with Crippen molar-refractivity contribution >= 4 is 12.2 Å². The van der Waals surface area contributed by atoms with E-state index in [9.17, 15) is 0 Å². The summed E-state index contributed by atoms with van der Waals surface area (Å²) in [6.45, 7) is 0. The van der Waals surface area contributed by atoms with E-state index in [0.29, 0.717) is 0 Å². The SMILES string of the molecule is C1=C\C=c2\cccc\c2=c2/cccc/c2=C/1. The van der Waals surface area contributed by atoms with Gasteiger partial charge in [-0.2, -0.15) is 0 Å². The van der Waals surface area contributed by atoms with Crippen molar-refractivity contribution in [1.29, 1.82) is 0 Å². The van der Waals surface area contributed by atoms with E-state index in [1.54, 1.807) is 0 Å². The molecule has 2 aromatic rings. The van der Waals surface area contributed by atoms with Crippen LogP contribution in [0.15, 0.2) is 60.7 Å². The van der Waals surface area contributed by atoms with E-state index in [1.807, 2.05) is 0 Å². The maximum absolute atomic E-state index is 2.18. The third-order valence-electron chi connectivity index (χ3n) is 2.87. The molecule has 0 fully saturated rings. The van der Waals surface area contributed by atoms with Crippen LogP contribution in [0.3, 0.4) is 0 Å². The Kier molecular flexibility index (Phi) is 2.19. The zero-order chi connectivity index (χ0) is 10.8. The minimum atomic E-state index is 1.28. The van der Waals surface area contributed by atoms with Gasteiger partial charge in [0.05, 0.1) is 0 Å². The second-order valence-electron chi connectivity index (χ2n) is 3.89. The molecule has 0 aromatic heterocycles. The Morgan fingerprint density at radius 2 is 0.938 bits per heavy atom. The zero-order valence-corrected chi connectivity index (χ0v) is 8.93. The van der Waals surface area contributed by atoms with E-state index in [1.165, 1.54) is 20.9 Å². The maximum Gasteiger partial charge on any atom is -0.0105 e. The first-order chi connectivity index (χ1) is 7.95. The summed E-state index contributed by atoms with van der Waals surface area (Å²) in [4.78, 5) is 0. The normalized spacial score (nSPS) is 21.0. The van der Waals surface area contributed by atoms with Crippen molar-refractivity contribution in [2.24, 2.45) is 0 Å². The van der Waals surface area contributed by atoms with Crippen molar-refractivity contribution < 1.29 is 0 Å². The molecule has 0 nitrogen and oxygen atoms in total. The number of hydrogen-bond donors (Lipinski definition) is 0. The van der Waals surface area contributed by atoms with Crippen LogP contribution in [0.4, 0.5) is 0 Å². The standard InChI is InChI=1S/C16H12/c1-2-8-14-10-4-6-12-16(14)15-11-5-3-9-13(15)7-1/h1-12H/b2-1-,7-1?,8-2?,13-7-,14-8-,16-15-. The highest BCUT2D eigenvalue weighted by Gasteiger charge is 1.89. The summed E-state index contributed by atoms with van der Waals surface area (Å²) in [6, 6.07) is 17.0. The summed E-state index contributed by atoms with van der Waals surface area (Å²) < 4.78 is 0. The Balaban J connectivity index is 2.74. The smallest absolute Gasteiger partial charge is 0.0105 e. The summed E-state index contributed by atoms with van der Waals surface area (Å²) in [5, 5.41) is 5.16. The number of allylic oxidation sites excluding steroid dienone is 2.